The molecule has 1 unspecified atom stereocenters. The third-order valence-corrected chi connectivity index (χ3v) is 3.44. The predicted molar refractivity (Wildman–Crippen MR) is 74.4 cm³/mol. The molecule has 2 aromatic rings. The van der Waals surface area contributed by atoms with Crippen LogP contribution in [-0.4, -0.2) is 40.2 Å². The summed E-state index contributed by atoms with van der Waals surface area (Å²) in [4.78, 5) is 25.2. The summed E-state index contributed by atoms with van der Waals surface area (Å²) in [6.07, 6.45) is 0.185. The lowest BCUT2D eigenvalue weighted by molar-refractivity contribution is -0.132. The van der Waals surface area contributed by atoms with E-state index in [1.807, 2.05) is 6.07 Å². The van der Waals surface area contributed by atoms with Gasteiger partial charge in [0.15, 0.2) is 5.58 Å². The fourth-order valence-corrected chi connectivity index (χ4v) is 1.98. The molecule has 6 heteroatoms. The summed E-state index contributed by atoms with van der Waals surface area (Å²) < 4.78 is 6.55. The second kappa shape index (κ2) is 5.92. The predicted octanol–water partition coefficient (Wildman–Crippen LogP) is 0.824. The number of hydrogen-bond donors (Lipinski definition) is 1. The van der Waals surface area contributed by atoms with E-state index in [2.05, 4.69) is 0 Å². The van der Waals surface area contributed by atoms with E-state index in [9.17, 15) is 9.59 Å². The van der Waals surface area contributed by atoms with Gasteiger partial charge in [0, 0.05) is 20.0 Å². The van der Waals surface area contributed by atoms with Crippen LogP contribution in [0.5, 0.6) is 0 Å². The minimum atomic E-state index is -0.461. The molecule has 108 valence electrons. The first kappa shape index (κ1) is 14.3. The van der Waals surface area contributed by atoms with E-state index in [0.29, 0.717) is 11.1 Å². The maximum absolute atomic E-state index is 12.0. The van der Waals surface area contributed by atoms with Crippen molar-refractivity contribution in [2.24, 2.45) is 0 Å². The lowest BCUT2D eigenvalue weighted by Crippen LogP contribution is -2.38. The quantitative estimate of drug-likeness (QED) is 0.878. The number of para-hydroxylation sites is 2. The molecule has 1 N–H and O–H groups in total. The van der Waals surface area contributed by atoms with E-state index in [0.717, 1.165) is 0 Å². The van der Waals surface area contributed by atoms with Gasteiger partial charge in [-0.3, -0.25) is 9.36 Å². The number of amides is 1. The highest BCUT2D eigenvalue weighted by Gasteiger charge is 2.16. The number of carbonyl (C=O) groups is 1. The van der Waals surface area contributed by atoms with Crippen molar-refractivity contribution in [1.29, 1.82) is 0 Å². The molecule has 0 aliphatic carbocycles. The van der Waals surface area contributed by atoms with Gasteiger partial charge in [-0.1, -0.05) is 12.1 Å². The van der Waals surface area contributed by atoms with Crippen molar-refractivity contribution >= 4 is 17.0 Å². The van der Waals surface area contributed by atoms with Gasteiger partial charge < -0.3 is 14.4 Å². The number of rotatable bonds is 5. The number of carbonyl (C=O) groups excluding carboxylic acids is 1. The molecule has 0 saturated carbocycles. The largest absolute Gasteiger partial charge is 0.419 e. The third-order valence-electron chi connectivity index (χ3n) is 3.44. The monoisotopic (exact) mass is 278 g/mol. The molecular weight excluding hydrogens is 260 g/mol. The number of benzene rings is 1. The van der Waals surface area contributed by atoms with Crippen LogP contribution in [0.4, 0.5) is 0 Å². The molecule has 0 fully saturated rings. The molecule has 1 atom stereocenters. The van der Waals surface area contributed by atoms with Crippen LogP contribution in [0.25, 0.3) is 11.1 Å². The minimum Gasteiger partial charge on any atom is -0.408 e. The Labute approximate surface area is 116 Å². The SMILES string of the molecule is CC(CO)N(C)C(=O)CCn1c(=O)oc2ccccc21. The Hall–Kier alpha value is -2.08. The molecule has 1 amide bonds. The zero-order chi connectivity index (χ0) is 14.7. The van der Waals surface area contributed by atoms with Crippen LogP contribution in [0.1, 0.15) is 13.3 Å². The Morgan fingerprint density at radius 1 is 1.45 bits per heavy atom. The summed E-state index contributed by atoms with van der Waals surface area (Å²) >= 11 is 0. The number of nitrogens with zero attached hydrogens (tertiary/aromatic N) is 2. The van der Waals surface area contributed by atoms with Crippen molar-refractivity contribution in [2.45, 2.75) is 25.9 Å². The third kappa shape index (κ3) is 2.75. The molecule has 0 aliphatic rings. The van der Waals surface area contributed by atoms with Crippen molar-refractivity contribution in [3.05, 3.63) is 34.8 Å². The zero-order valence-corrected chi connectivity index (χ0v) is 11.6. The van der Waals surface area contributed by atoms with Crippen LogP contribution >= 0.6 is 0 Å². The van der Waals surface area contributed by atoms with Crippen molar-refractivity contribution in [1.82, 2.24) is 9.47 Å². The molecule has 0 radical (unpaired) electrons. The van der Waals surface area contributed by atoms with E-state index in [-0.39, 0.29) is 31.5 Å². The average molecular weight is 278 g/mol. The van der Waals surface area contributed by atoms with Gasteiger partial charge in [0.25, 0.3) is 0 Å². The Kier molecular flexibility index (Phi) is 4.24. The molecular formula is C14H18N2O4. The van der Waals surface area contributed by atoms with Gasteiger partial charge in [0.1, 0.15) is 0 Å². The van der Waals surface area contributed by atoms with Crippen molar-refractivity contribution in [3.8, 4) is 0 Å². The number of fused-ring (bicyclic) bond motifs is 1. The van der Waals surface area contributed by atoms with Gasteiger partial charge in [-0.2, -0.15) is 0 Å². The molecule has 6 nitrogen and oxygen atoms in total. The molecule has 0 aliphatic heterocycles. The number of aliphatic hydroxyl groups excluding tert-OH is 1. The van der Waals surface area contributed by atoms with Gasteiger partial charge >= 0.3 is 5.76 Å². The standard InChI is InChI=1S/C14H18N2O4/c1-10(9-17)15(2)13(18)7-8-16-11-5-3-4-6-12(11)20-14(16)19/h3-6,10,17H,7-9H2,1-2H3. The van der Waals surface area contributed by atoms with E-state index < -0.39 is 5.76 Å². The molecule has 1 heterocycles. The van der Waals surface area contributed by atoms with E-state index in [1.165, 1.54) is 9.47 Å². The first-order chi connectivity index (χ1) is 9.54. The van der Waals surface area contributed by atoms with Gasteiger partial charge in [0.2, 0.25) is 5.91 Å². The van der Waals surface area contributed by atoms with E-state index in [4.69, 9.17) is 9.52 Å². The number of aryl methyl sites for hydroxylation is 1. The lowest BCUT2D eigenvalue weighted by Gasteiger charge is -2.23. The van der Waals surface area contributed by atoms with Gasteiger partial charge in [-0.25, -0.2) is 4.79 Å². The molecule has 1 aromatic carbocycles. The van der Waals surface area contributed by atoms with Crippen molar-refractivity contribution in [2.75, 3.05) is 13.7 Å². The minimum absolute atomic E-state index is 0.0865. The highest BCUT2D eigenvalue weighted by atomic mass is 16.4. The zero-order valence-electron chi connectivity index (χ0n) is 11.6. The average Bonchev–Trinajstić information content (AvgIpc) is 2.78. The van der Waals surface area contributed by atoms with Crippen molar-refractivity contribution in [3.63, 3.8) is 0 Å². The highest BCUT2D eigenvalue weighted by molar-refractivity contribution is 5.77. The fraction of sp³-hybridized carbons (Fsp3) is 0.429. The summed E-state index contributed by atoms with van der Waals surface area (Å²) in [7, 11) is 1.64. The normalized spacial score (nSPS) is 12.6. The molecule has 20 heavy (non-hydrogen) atoms. The van der Waals surface area contributed by atoms with Crippen LogP contribution in [0.3, 0.4) is 0 Å². The Morgan fingerprint density at radius 3 is 2.85 bits per heavy atom. The van der Waals surface area contributed by atoms with E-state index >= 15 is 0 Å². The topological polar surface area (TPSA) is 75.7 Å². The summed E-state index contributed by atoms with van der Waals surface area (Å²) in [5, 5.41) is 9.03. The highest BCUT2D eigenvalue weighted by Crippen LogP contribution is 2.12. The number of aliphatic hydroxyl groups is 1. The van der Waals surface area contributed by atoms with Crippen LogP contribution < -0.4 is 5.76 Å². The van der Waals surface area contributed by atoms with Gasteiger partial charge in [-0.05, 0) is 19.1 Å². The van der Waals surface area contributed by atoms with Crippen LogP contribution in [0.2, 0.25) is 0 Å². The Bertz CT molecular complexity index is 658. The summed E-state index contributed by atoms with van der Waals surface area (Å²) in [5.41, 5.74) is 1.20. The van der Waals surface area contributed by atoms with Crippen LogP contribution in [-0.2, 0) is 11.3 Å². The van der Waals surface area contributed by atoms with Gasteiger partial charge in [-0.15, -0.1) is 0 Å². The number of aromatic nitrogens is 1. The first-order valence-electron chi connectivity index (χ1n) is 6.49. The molecule has 0 bridgehead atoms. The maximum atomic E-state index is 12.0. The second-order valence-corrected chi connectivity index (χ2v) is 4.77. The molecule has 1 aromatic heterocycles. The first-order valence-corrected chi connectivity index (χ1v) is 6.49. The second-order valence-electron chi connectivity index (χ2n) is 4.77. The smallest absolute Gasteiger partial charge is 0.408 e. The number of oxazole rings is 1. The van der Waals surface area contributed by atoms with Crippen LogP contribution in [0.15, 0.2) is 33.5 Å². The van der Waals surface area contributed by atoms with E-state index in [1.54, 1.807) is 32.2 Å². The van der Waals surface area contributed by atoms with Crippen molar-refractivity contribution < 1.29 is 14.3 Å². The molecule has 0 spiro atoms. The summed E-state index contributed by atoms with van der Waals surface area (Å²) in [5.74, 6) is -0.583. The molecule has 0 saturated heterocycles. The van der Waals surface area contributed by atoms with Gasteiger partial charge in [0.05, 0.1) is 18.2 Å². The number of likely N-dealkylation sites (N-methyl/N-ethyl adjacent to an activating group) is 1. The van der Waals surface area contributed by atoms with Crippen LogP contribution in [0, 0.1) is 0 Å². The lowest BCUT2D eigenvalue weighted by atomic mass is 10.2. The number of hydrogen-bond acceptors (Lipinski definition) is 4. The maximum Gasteiger partial charge on any atom is 0.419 e. The summed E-state index contributed by atoms with van der Waals surface area (Å²) in [6.45, 7) is 1.94. The molecule has 2 rings (SSSR count). The summed E-state index contributed by atoms with van der Waals surface area (Å²) in [6, 6.07) is 6.87. The fourth-order valence-electron chi connectivity index (χ4n) is 1.98. The Morgan fingerprint density at radius 2 is 2.15 bits per heavy atom. The Balaban J connectivity index is 2.12.